The molecule has 150 valence electrons. The summed E-state index contributed by atoms with van der Waals surface area (Å²) in [5.41, 5.74) is 0.675. The molecule has 2 aromatic carbocycles. The van der Waals surface area contributed by atoms with Gasteiger partial charge in [-0.2, -0.15) is 5.10 Å². The molecule has 1 saturated heterocycles. The molecular weight excluding hydrogens is 386 g/mol. The van der Waals surface area contributed by atoms with E-state index in [-0.39, 0.29) is 17.5 Å². The molecule has 4 rings (SSSR count). The molecule has 1 amide bonds. The first-order chi connectivity index (χ1) is 13.9. The van der Waals surface area contributed by atoms with E-state index in [1.807, 2.05) is 0 Å². The maximum absolute atomic E-state index is 14.0. The smallest absolute Gasteiger partial charge is 0.253 e. The molecule has 0 spiro atoms. The van der Waals surface area contributed by atoms with E-state index < -0.39 is 28.8 Å². The Morgan fingerprint density at radius 2 is 1.69 bits per heavy atom. The molecule has 4 nitrogen and oxygen atoms in total. The topological polar surface area (TPSA) is 49.0 Å². The largest absolute Gasteiger partial charge is 0.338 e. The third-order valence-corrected chi connectivity index (χ3v) is 5.10. The van der Waals surface area contributed by atoms with Crippen molar-refractivity contribution < 1.29 is 22.4 Å². The molecule has 0 aliphatic carbocycles. The van der Waals surface area contributed by atoms with Gasteiger partial charge in [0.1, 0.15) is 23.3 Å². The number of carbonyl (C=O) groups is 1. The van der Waals surface area contributed by atoms with Crippen molar-refractivity contribution in [3.63, 3.8) is 0 Å². The van der Waals surface area contributed by atoms with Crippen molar-refractivity contribution in [1.29, 1.82) is 0 Å². The quantitative estimate of drug-likeness (QED) is 0.647. The van der Waals surface area contributed by atoms with Crippen LogP contribution in [0.1, 0.15) is 34.8 Å². The number of hydrogen-bond donors (Lipinski definition) is 1. The number of piperidine rings is 1. The Balaban J connectivity index is 1.54. The van der Waals surface area contributed by atoms with E-state index in [9.17, 15) is 22.4 Å². The van der Waals surface area contributed by atoms with Crippen molar-refractivity contribution in [2.75, 3.05) is 13.1 Å². The molecule has 1 atom stereocenters. The van der Waals surface area contributed by atoms with E-state index in [2.05, 4.69) is 10.2 Å². The molecule has 8 heteroatoms. The summed E-state index contributed by atoms with van der Waals surface area (Å²) in [6, 6.07) is 8.09. The highest BCUT2D eigenvalue weighted by atomic mass is 19.1. The predicted molar refractivity (Wildman–Crippen MR) is 98.2 cm³/mol. The lowest BCUT2D eigenvalue weighted by molar-refractivity contribution is 0.0706. The number of rotatable bonds is 3. The monoisotopic (exact) mass is 403 g/mol. The minimum Gasteiger partial charge on any atom is -0.338 e. The lowest BCUT2D eigenvalue weighted by Crippen LogP contribution is -2.39. The molecule has 0 saturated carbocycles. The highest BCUT2D eigenvalue weighted by Crippen LogP contribution is 2.31. The molecular formula is C21H17F4N3O. The number of nitrogens with zero attached hydrogens (tertiary/aromatic N) is 2. The lowest BCUT2D eigenvalue weighted by Gasteiger charge is -2.32. The zero-order valence-electron chi connectivity index (χ0n) is 15.3. The minimum atomic E-state index is -1.03. The Kier molecular flexibility index (Phi) is 5.08. The maximum atomic E-state index is 14.0. The summed E-state index contributed by atoms with van der Waals surface area (Å²) in [5, 5.41) is 6.76. The van der Waals surface area contributed by atoms with Gasteiger partial charge in [0.25, 0.3) is 5.91 Å². The van der Waals surface area contributed by atoms with Gasteiger partial charge in [0.15, 0.2) is 0 Å². The number of aromatic amines is 1. The SMILES string of the molecule is O=C(c1ccc(F)cc1)N1CCC[C@H](c2cc(-c3c(F)cc(F)cc3F)n[nH]2)C1. The van der Waals surface area contributed by atoms with E-state index >= 15 is 0 Å². The van der Waals surface area contributed by atoms with Crippen LogP contribution in [0.25, 0.3) is 11.3 Å². The molecule has 1 aliphatic rings. The molecule has 1 aromatic heterocycles. The number of carbonyl (C=O) groups excluding carboxylic acids is 1. The standard InChI is InChI=1S/C21H17F4N3O/c22-14-5-3-12(4-6-14)21(29)28-7-1-2-13(11-28)18-10-19(27-26-18)20-16(24)8-15(23)9-17(20)25/h3-6,8-10,13H,1-2,7,11H2,(H,26,27)/t13-/m0/s1. The van der Waals surface area contributed by atoms with E-state index in [0.717, 1.165) is 12.8 Å². The van der Waals surface area contributed by atoms with Crippen LogP contribution in [-0.2, 0) is 0 Å². The zero-order chi connectivity index (χ0) is 20.5. The van der Waals surface area contributed by atoms with Crippen LogP contribution in [0.5, 0.6) is 0 Å². The van der Waals surface area contributed by atoms with Crippen LogP contribution in [0.15, 0.2) is 42.5 Å². The van der Waals surface area contributed by atoms with Crippen LogP contribution in [0.4, 0.5) is 17.6 Å². The van der Waals surface area contributed by atoms with Crippen molar-refractivity contribution in [2.24, 2.45) is 0 Å². The molecule has 29 heavy (non-hydrogen) atoms. The third-order valence-electron chi connectivity index (χ3n) is 5.10. The second-order valence-electron chi connectivity index (χ2n) is 7.05. The van der Waals surface area contributed by atoms with Crippen molar-refractivity contribution in [3.8, 4) is 11.3 Å². The maximum Gasteiger partial charge on any atom is 0.253 e. The van der Waals surface area contributed by atoms with Gasteiger partial charge in [-0.3, -0.25) is 9.89 Å². The molecule has 0 radical (unpaired) electrons. The van der Waals surface area contributed by atoms with Crippen LogP contribution in [0.3, 0.4) is 0 Å². The summed E-state index contributed by atoms with van der Waals surface area (Å²) in [4.78, 5) is 14.3. The summed E-state index contributed by atoms with van der Waals surface area (Å²) >= 11 is 0. The van der Waals surface area contributed by atoms with Gasteiger partial charge in [0.2, 0.25) is 0 Å². The van der Waals surface area contributed by atoms with Gasteiger partial charge in [-0.05, 0) is 43.2 Å². The average Bonchev–Trinajstić information content (AvgIpc) is 3.17. The Morgan fingerprint density at radius 3 is 2.38 bits per heavy atom. The Labute approximate surface area is 164 Å². The van der Waals surface area contributed by atoms with E-state index in [0.29, 0.717) is 36.5 Å². The van der Waals surface area contributed by atoms with Gasteiger partial charge in [-0.15, -0.1) is 0 Å². The Morgan fingerprint density at radius 1 is 1.00 bits per heavy atom. The van der Waals surface area contributed by atoms with E-state index in [4.69, 9.17) is 0 Å². The molecule has 0 bridgehead atoms. The molecule has 1 fully saturated rings. The van der Waals surface area contributed by atoms with Crippen molar-refractivity contribution in [3.05, 3.63) is 77.0 Å². The van der Waals surface area contributed by atoms with Gasteiger partial charge in [0.05, 0.1) is 11.3 Å². The number of H-pyrrole nitrogens is 1. The number of benzene rings is 2. The Bertz CT molecular complexity index is 1030. The van der Waals surface area contributed by atoms with Crippen molar-refractivity contribution in [1.82, 2.24) is 15.1 Å². The highest BCUT2D eigenvalue weighted by Gasteiger charge is 2.27. The summed E-state index contributed by atoms with van der Waals surface area (Å²) in [5.74, 6) is -3.77. The second kappa shape index (κ2) is 7.69. The molecule has 0 unspecified atom stereocenters. The molecule has 3 aromatic rings. The van der Waals surface area contributed by atoms with Gasteiger partial charge in [-0.25, -0.2) is 17.6 Å². The number of amides is 1. The number of hydrogen-bond acceptors (Lipinski definition) is 2. The first-order valence-electron chi connectivity index (χ1n) is 9.17. The van der Waals surface area contributed by atoms with Gasteiger partial charge >= 0.3 is 0 Å². The van der Waals surface area contributed by atoms with E-state index in [1.54, 1.807) is 4.90 Å². The molecule has 1 N–H and O–H groups in total. The lowest BCUT2D eigenvalue weighted by atomic mass is 9.93. The van der Waals surface area contributed by atoms with Gasteiger partial charge in [-0.1, -0.05) is 0 Å². The van der Waals surface area contributed by atoms with Crippen LogP contribution < -0.4 is 0 Å². The number of nitrogens with one attached hydrogen (secondary N) is 1. The number of likely N-dealkylation sites (tertiary alicyclic amines) is 1. The average molecular weight is 403 g/mol. The highest BCUT2D eigenvalue weighted by molar-refractivity contribution is 5.94. The zero-order valence-corrected chi connectivity index (χ0v) is 15.3. The number of aromatic nitrogens is 2. The molecule has 1 aliphatic heterocycles. The predicted octanol–water partition coefficient (Wildman–Crippen LogP) is 4.65. The van der Waals surface area contributed by atoms with Crippen molar-refractivity contribution >= 4 is 5.91 Å². The van der Waals surface area contributed by atoms with Crippen LogP contribution >= 0.6 is 0 Å². The summed E-state index contributed by atoms with van der Waals surface area (Å²) in [7, 11) is 0. The summed E-state index contributed by atoms with van der Waals surface area (Å²) in [6.45, 7) is 0.959. The second-order valence-corrected chi connectivity index (χ2v) is 7.05. The first kappa shape index (κ1) is 19.2. The fourth-order valence-electron chi connectivity index (χ4n) is 3.65. The fraction of sp³-hybridized carbons (Fsp3) is 0.238. The normalized spacial score (nSPS) is 16.8. The third kappa shape index (κ3) is 3.87. The Hall–Kier alpha value is -3.16. The van der Waals surface area contributed by atoms with Crippen molar-refractivity contribution in [2.45, 2.75) is 18.8 Å². The first-order valence-corrected chi connectivity index (χ1v) is 9.17. The van der Waals surface area contributed by atoms with E-state index in [1.165, 1.54) is 30.3 Å². The molecule has 2 heterocycles. The van der Waals surface area contributed by atoms with Crippen LogP contribution in [0.2, 0.25) is 0 Å². The van der Waals surface area contributed by atoms with Gasteiger partial charge in [0, 0.05) is 42.4 Å². The van der Waals surface area contributed by atoms with Crippen LogP contribution in [-0.4, -0.2) is 34.1 Å². The number of halogens is 4. The minimum absolute atomic E-state index is 0.0389. The van der Waals surface area contributed by atoms with Crippen LogP contribution in [0, 0.1) is 23.3 Å². The fourth-order valence-corrected chi connectivity index (χ4v) is 3.65. The summed E-state index contributed by atoms with van der Waals surface area (Å²) < 4.78 is 54.3. The van der Waals surface area contributed by atoms with Gasteiger partial charge < -0.3 is 4.90 Å². The summed E-state index contributed by atoms with van der Waals surface area (Å²) in [6.07, 6.45) is 1.51.